The molecule has 1 atom stereocenters. The average molecular weight is 1110 g/mol. The van der Waals surface area contributed by atoms with Crippen molar-refractivity contribution in [3.05, 3.63) is 97.2 Å². The second-order valence-corrected chi connectivity index (χ2v) is 23.2. The van der Waals surface area contributed by atoms with Crippen molar-refractivity contribution >= 4 is 11.9 Å². The molecule has 1 N–H and O–H groups in total. The maximum Gasteiger partial charge on any atom is 0.306 e. The Kier molecular flexibility index (Phi) is 67.3. The normalized spacial score (nSPS) is 12.8. The lowest BCUT2D eigenvalue weighted by molar-refractivity contribution is -0.161. The summed E-state index contributed by atoms with van der Waals surface area (Å²) in [5.41, 5.74) is 0. The molecule has 0 bridgehead atoms. The molecule has 0 saturated heterocycles. The molecule has 0 aromatic rings. The SMILES string of the molecule is CC/C=C\C/C=C\C/C=C\C/C=C\C/C=C\C/C=C\C/C=C\C/C=C\CCCCCCCCC(=O)OC(CO)COC(=O)CCCCCCCCCCCCCCCCCCCCCCCCCCCCCCCCCCCCC. The van der Waals surface area contributed by atoms with Gasteiger partial charge in [-0.15, -0.1) is 0 Å². The molecule has 0 heterocycles. The fourth-order valence-corrected chi connectivity index (χ4v) is 10.2. The third kappa shape index (κ3) is 67.3. The van der Waals surface area contributed by atoms with Crippen LogP contribution in [0.3, 0.4) is 0 Å². The monoisotopic (exact) mass is 1110 g/mol. The summed E-state index contributed by atoms with van der Waals surface area (Å²) in [6.07, 6.45) is 100. The molecule has 0 saturated carbocycles. The molecule has 0 aliphatic carbocycles. The van der Waals surface area contributed by atoms with Gasteiger partial charge in [-0.3, -0.25) is 9.59 Å². The molecule has 80 heavy (non-hydrogen) atoms. The van der Waals surface area contributed by atoms with Crippen molar-refractivity contribution in [1.82, 2.24) is 0 Å². The molecule has 0 aromatic heterocycles. The zero-order chi connectivity index (χ0) is 57.6. The molecule has 0 fully saturated rings. The molecule has 0 amide bonds. The van der Waals surface area contributed by atoms with Gasteiger partial charge in [0.05, 0.1) is 6.61 Å². The zero-order valence-electron chi connectivity index (χ0n) is 53.1. The summed E-state index contributed by atoms with van der Waals surface area (Å²) in [5, 5.41) is 9.70. The third-order valence-corrected chi connectivity index (χ3v) is 15.4. The molecule has 462 valence electrons. The first-order chi connectivity index (χ1) is 39.6. The summed E-state index contributed by atoms with van der Waals surface area (Å²) in [6, 6.07) is 0. The maximum atomic E-state index is 12.4. The van der Waals surface area contributed by atoms with E-state index in [0.29, 0.717) is 12.8 Å². The molecule has 0 rings (SSSR count). The fraction of sp³-hybridized carbons (Fsp3) is 0.760. The first kappa shape index (κ1) is 76.8. The van der Waals surface area contributed by atoms with Gasteiger partial charge in [-0.25, -0.2) is 0 Å². The molecule has 0 radical (unpaired) electrons. The molecular weight excluding hydrogens is 981 g/mol. The van der Waals surface area contributed by atoms with E-state index in [4.69, 9.17) is 9.47 Å². The number of hydrogen-bond acceptors (Lipinski definition) is 5. The first-order valence-electron chi connectivity index (χ1n) is 34.8. The molecule has 5 heteroatoms. The van der Waals surface area contributed by atoms with E-state index in [0.717, 1.165) is 96.3 Å². The number of carbonyl (C=O) groups excluding carboxylic acids is 2. The van der Waals surface area contributed by atoms with Crippen molar-refractivity contribution in [1.29, 1.82) is 0 Å². The van der Waals surface area contributed by atoms with Crippen LogP contribution >= 0.6 is 0 Å². The summed E-state index contributed by atoms with van der Waals surface area (Å²) in [7, 11) is 0. The minimum atomic E-state index is -0.787. The van der Waals surface area contributed by atoms with E-state index in [9.17, 15) is 14.7 Å². The number of carbonyl (C=O) groups is 2. The first-order valence-corrected chi connectivity index (χ1v) is 34.8. The van der Waals surface area contributed by atoms with Crippen molar-refractivity contribution < 1.29 is 24.2 Å². The van der Waals surface area contributed by atoms with E-state index in [1.165, 1.54) is 225 Å². The van der Waals surface area contributed by atoms with Crippen molar-refractivity contribution in [2.75, 3.05) is 13.2 Å². The molecule has 0 spiro atoms. The van der Waals surface area contributed by atoms with Crippen LogP contribution in [0.2, 0.25) is 0 Å². The minimum absolute atomic E-state index is 0.0736. The van der Waals surface area contributed by atoms with Gasteiger partial charge in [0.2, 0.25) is 0 Å². The lowest BCUT2D eigenvalue weighted by Crippen LogP contribution is -2.28. The van der Waals surface area contributed by atoms with Crippen molar-refractivity contribution in [3.63, 3.8) is 0 Å². The number of aliphatic hydroxyl groups is 1. The largest absolute Gasteiger partial charge is 0.462 e. The summed E-state index contributed by atoms with van der Waals surface area (Å²) < 4.78 is 10.7. The minimum Gasteiger partial charge on any atom is -0.462 e. The highest BCUT2D eigenvalue weighted by molar-refractivity contribution is 5.70. The van der Waals surface area contributed by atoms with Gasteiger partial charge in [0.25, 0.3) is 0 Å². The topological polar surface area (TPSA) is 72.8 Å². The Bertz CT molecular complexity index is 1500. The Morgan fingerprint density at radius 1 is 0.300 bits per heavy atom. The molecule has 0 aliphatic heterocycles. The van der Waals surface area contributed by atoms with Gasteiger partial charge in [0, 0.05) is 12.8 Å². The van der Waals surface area contributed by atoms with Crippen LogP contribution in [0, 0.1) is 0 Å². The van der Waals surface area contributed by atoms with Crippen LogP contribution < -0.4 is 0 Å². The van der Waals surface area contributed by atoms with Crippen LogP contribution in [0.1, 0.15) is 348 Å². The fourth-order valence-electron chi connectivity index (χ4n) is 10.2. The summed E-state index contributed by atoms with van der Waals surface area (Å²) in [4.78, 5) is 24.6. The summed E-state index contributed by atoms with van der Waals surface area (Å²) in [6.45, 7) is 4.05. The highest BCUT2D eigenvalue weighted by atomic mass is 16.6. The standard InChI is InChI=1S/C75H132O5/c1-3-5-7-9-11-13-15-17-19-21-23-25-27-29-31-33-35-36-37-38-40-41-43-45-47-49-51-53-55-57-59-61-63-65-67-69-74(77)79-72-73(71-76)80-75(78)70-68-66-64-62-60-58-56-54-52-50-48-46-44-42-39-34-32-30-28-26-24-22-20-18-16-14-12-10-8-6-4-2/h6,8,12,14,18,20,24,26,30,32,39,42,46,48,52,54,73,76H,3-5,7,9-11,13,15-17,19,21-23,25,27-29,31,33-38,40-41,43-45,47,49-51,53,55-72H2,1-2H3/b8-6-,14-12-,20-18-,26-24-,32-30-,42-39-,48-46-,54-52-. The Labute approximate surface area is 498 Å². The summed E-state index contributed by atoms with van der Waals surface area (Å²) in [5.74, 6) is -0.598. The lowest BCUT2D eigenvalue weighted by Gasteiger charge is -2.15. The highest BCUT2D eigenvalue weighted by Crippen LogP contribution is 2.18. The van der Waals surface area contributed by atoms with Crippen LogP contribution in [-0.4, -0.2) is 36.4 Å². The maximum absolute atomic E-state index is 12.4. The number of unbranched alkanes of at least 4 members (excludes halogenated alkanes) is 40. The molecule has 0 aliphatic rings. The number of rotatable bonds is 64. The predicted octanol–water partition coefficient (Wildman–Crippen LogP) is 24.2. The Morgan fingerprint density at radius 2 is 0.537 bits per heavy atom. The van der Waals surface area contributed by atoms with E-state index >= 15 is 0 Å². The Hall–Kier alpha value is -3.18. The highest BCUT2D eigenvalue weighted by Gasteiger charge is 2.16. The molecular formula is C75H132O5. The Morgan fingerprint density at radius 3 is 0.812 bits per heavy atom. The van der Waals surface area contributed by atoms with E-state index < -0.39 is 6.10 Å². The molecule has 1 unspecified atom stereocenters. The van der Waals surface area contributed by atoms with E-state index in [-0.39, 0.29) is 25.2 Å². The van der Waals surface area contributed by atoms with Gasteiger partial charge in [-0.05, 0) is 77.0 Å². The molecule has 5 nitrogen and oxygen atoms in total. The van der Waals surface area contributed by atoms with Crippen LogP contribution in [0.15, 0.2) is 97.2 Å². The van der Waals surface area contributed by atoms with E-state index in [1.54, 1.807) is 0 Å². The average Bonchev–Trinajstić information content (AvgIpc) is 3.46. The van der Waals surface area contributed by atoms with Gasteiger partial charge in [0.1, 0.15) is 6.61 Å². The Balaban J connectivity index is 3.48. The van der Waals surface area contributed by atoms with Crippen molar-refractivity contribution in [2.45, 2.75) is 354 Å². The van der Waals surface area contributed by atoms with Crippen LogP contribution in [-0.2, 0) is 19.1 Å². The van der Waals surface area contributed by atoms with Crippen molar-refractivity contribution in [3.8, 4) is 0 Å². The van der Waals surface area contributed by atoms with Crippen LogP contribution in [0.5, 0.6) is 0 Å². The van der Waals surface area contributed by atoms with E-state index in [2.05, 4.69) is 111 Å². The van der Waals surface area contributed by atoms with Crippen LogP contribution in [0.25, 0.3) is 0 Å². The van der Waals surface area contributed by atoms with Gasteiger partial charge in [-0.1, -0.05) is 355 Å². The quantitative estimate of drug-likeness (QED) is 0.0373. The van der Waals surface area contributed by atoms with Gasteiger partial charge in [-0.2, -0.15) is 0 Å². The second kappa shape index (κ2) is 70.1. The van der Waals surface area contributed by atoms with Crippen molar-refractivity contribution in [2.24, 2.45) is 0 Å². The van der Waals surface area contributed by atoms with Gasteiger partial charge >= 0.3 is 11.9 Å². The van der Waals surface area contributed by atoms with Gasteiger partial charge in [0.15, 0.2) is 6.10 Å². The lowest BCUT2D eigenvalue weighted by atomic mass is 10.0. The third-order valence-electron chi connectivity index (χ3n) is 15.4. The van der Waals surface area contributed by atoms with E-state index in [1.807, 2.05) is 0 Å². The predicted molar refractivity (Wildman–Crippen MR) is 352 cm³/mol. The van der Waals surface area contributed by atoms with Gasteiger partial charge < -0.3 is 14.6 Å². The molecule has 0 aromatic carbocycles. The number of hydrogen-bond donors (Lipinski definition) is 1. The number of esters is 2. The number of allylic oxidation sites excluding steroid dienone is 16. The summed E-state index contributed by atoms with van der Waals surface area (Å²) >= 11 is 0. The zero-order valence-corrected chi connectivity index (χ0v) is 53.1. The second-order valence-electron chi connectivity index (χ2n) is 23.2. The number of aliphatic hydroxyl groups excluding tert-OH is 1. The number of ether oxygens (including phenoxy) is 2. The smallest absolute Gasteiger partial charge is 0.306 e. The van der Waals surface area contributed by atoms with Crippen LogP contribution in [0.4, 0.5) is 0 Å².